The van der Waals surface area contributed by atoms with Gasteiger partial charge in [0.1, 0.15) is 18.5 Å². The molecular formula is C32H41N3O4S. The van der Waals surface area contributed by atoms with E-state index in [0.29, 0.717) is 30.4 Å². The van der Waals surface area contributed by atoms with Crippen LogP contribution in [0, 0.1) is 40.5 Å². The van der Waals surface area contributed by atoms with Crippen molar-refractivity contribution in [3.63, 3.8) is 0 Å². The van der Waals surface area contributed by atoms with Gasteiger partial charge in [-0.15, -0.1) is 0 Å². The van der Waals surface area contributed by atoms with Gasteiger partial charge in [0.05, 0.1) is 10.4 Å². The van der Waals surface area contributed by atoms with Crippen molar-refractivity contribution in [3.8, 4) is 5.75 Å². The zero-order valence-corrected chi connectivity index (χ0v) is 25.0. The molecule has 1 aliphatic rings. The molecular weight excluding hydrogens is 522 g/mol. The van der Waals surface area contributed by atoms with Crippen LogP contribution in [0.1, 0.15) is 40.7 Å². The quantitative estimate of drug-likeness (QED) is 0.257. The molecule has 1 aliphatic heterocycles. The average molecular weight is 564 g/mol. The number of aromatic nitrogens is 1. The molecule has 1 atom stereocenters. The van der Waals surface area contributed by atoms with Crippen molar-refractivity contribution in [2.45, 2.75) is 58.5 Å². The molecule has 1 fully saturated rings. The van der Waals surface area contributed by atoms with E-state index in [-0.39, 0.29) is 6.61 Å². The second kappa shape index (κ2) is 11.5. The standard InChI is InChI=1S/C32H41N3O4S/c1-20-21(2)23(4)32(24(5)22(20)3)40(37,38)35-15-13-25(14-16-35)17-33-18-26(36)19-39-30-12-8-11-29-31(30)27-9-6-7-10-28(27)34-29/h6-12,25-26,33-34,36H,13-19H2,1-5H3/t26-/m0/s1. The summed E-state index contributed by atoms with van der Waals surface area (Å²) >= 11 is 0. The van der Waals surface area contributed by atoms with Crippen LogP contribution >= 0.6 is 0 Å². The predicted molar refractivity (Wildman–Crippen MR) is 162 cm³/mol. The summed E-state index contributed by atoms with van der Waals surface area (Å²) in [4.78, 5) is 3.90. The SMILES string of the molecule is Cc1c(C)c(C)c(S(=O)(=O)N2CCC(CNC[C@H](O)COc3cccc4[nH]c5ccccc5c34)CC2)c(C)c1C. The number of sulfonamides is 1. The van der Waals surface area contributed by atoms with Gasteiger partial charge in [-0.05, 0) is 106 Å². The predicted octanol–water partition coefficient (Wildman–Crippen LogP) is 5.29. The first-order valence-corrected chi connectivity index (χ1v) is 15.6. The Kier molecular flexibility index (Phi) is 8.25. The summed E-state index contributed by atoms with van der Waals surface area (Å²) < 4.78 is 35.0. The van der Waals surface area contributed by atoms with E-state index in [0.717, 1.165) is 69.2 Å². The highest BCUT2D eigenvalue weighted by atomic mass is 32.2. The minimum atomic E-state index is -3.55. The van der Waals surface area contributed by atoms with Crippen LogP contribution in [0.15, 0.2) is 47.4 Å². The van der Waals surface area contributed by atoms with Crippen molar-refractivity contribution >= 4 is 31.8 Å². The van der Waals surface area contributed by atoms with Gasteiger partial charge >= 0.3 is 0 Å². The van der Waals surface area contributed by atoms with Crippen molar-refractivity contribution in [1.29, 1.82) is 0 Å². The van der Waals surface area contributed by atoms with Gasteiger partial charge in [-0.2, -0.15) is 4.31 Å². The van der Waals surface area contributed by atoms with E-state index in [2.05, 4.69) is 23.3 Å². The highest BCUT2D eigenvalue weighted by Crippen LogP contribution is 2.34. The Labute approximate surface area is 237 Å². The van der Waals surface area contributed by atoms with Crippen LogP contribution in [0.25, 0.3) is 21.8 Å². The van der Waals surface area contributed by atoms with Crippen LogP contribution in [-0.2, 0) is 10.0 Å². The molecule has 40 heavy (non-hydrogen) atoms. The van der Waals surface area contributed by atoms with Gasteiger partial charge in [0.15, 0.2) is 0 Å². The van der Waals surface area contributed by atoms with Crippen molar-refractivity contribution in [2.24, 2.45) is 5.92 Å². The van der Waals surface area contributed by atoms with Gasteiger partial charge in [0.2, 0.25) is 10.0 Å². The monoisotopic (exact) mass is 563 g/mol. The molecule has 3 N–H and O–H groups in total. The second-order valence-corrected chi connectivity index (χ2v) is 13.1. The van der Waals surface area contributed by atoms with E-state index >= 15 is 0 Å². The van der Waals surface area contributed by atoms with E-state index in [4.69, 9.17) is 4.74 Å². The first kappa shape index (κ1) is 28.6. The third-order valence-corrected chi connectivity index (χ3v) is 11.0. The first-order chi connectivity index (χ1) is 19.1. The largest absolute Gasteiger partial charge is 0.490 e. The number of nitrogens with zero attached hydrogens (tertiary/aromatic N) is 1. The van der Waals surface area contributed by atoms with Gasteiger partial charge < -0.3 is 20.1 Å². The Hall–Kier alpha value is -2.91. The third kappa shape index (κ3) is 5.38. The van der Waals surface area contributed by atoms with Gasteiger partial charge in [-0.3, -0.25) is 0 Å². The number of hydrogen-bond acceptors (Lipinski definition) is 5. The Morgan fingerprint density at radius 2 is 1.55 bits per heavy atom. The van der Waals surface area contributed by atoms with Gasteiger partial charge in [-0.1, -0.05) is 24.3 Å². The normalized spacial score (nSPS) is 16.1. The maximum atomic E-state index is 13.6. The van der Waals surface area contributed by atoms with E-state index < -0.39 is 16.1 Å². The van der Waals surface area contributed by atoms with Crippen molar-refractivity contribution in [1.82, 2.24) is 14.6 Å². The Bertz CT molecular complexity index is 1610. The Balaban J connectivity index is 1.12. The molecule has 5 rings (SSSR count). The number of nitrogens with one attached hydrogen (secondary N) is 2. The van der Waals surface area contributed by atoms with E-state index in [1.165, 1.54) is 5.56 Å². The van der Waals surface area contributed by atoms with E-state index in [1.807, 2.05) is 64.1 Å². The highest BCUT2D eigenvalue weighted by molar-refractivity contribution is 7.89. The smallest absolute Gasteiger partial charge is 0.243 e. The molecule has 7 nitrogen and oxygen atoms in total. The summed E-state index contributed by atoms with van der Waals surface area (Å²) in [7, 11) is -3.55. The van der Waals surface area contributed by atoms with E-state index in [1.54, 1.807) is 4.31 Å². The minimum absolute atomic E-state index is 0.191. The zero-order valence-electron chi connectivity index (χ0n) is 24.2. The number of hydrogen-bond donors (Lipinski definition) is 3. The fraction of sp³-hybridized carbons (Fsp3) is 0.438. The summed E-state index contributed by atoms with van der Waals surface area (Å²) in [6, 6.07) is 14.1. The number of benzene rings is 3. The number of piperidine rings is 1. The van der Waals surface area contributed by atoms with Gasteiger partial charge in [0, 0.05) is 35.9 Å². The molecule has 4 aromatic rings. The number of aliphatic hydroxyl groups is 1. The summed E-state index contributed by atoms with van der Waals surface area (Å²) in [5, 5.41) is 16.1. The van der Waals surface area contributed by atoms with Crippen LogP contribution in [0.2, 0.25) is 0 Å². The molecule has 0 bridgehead atoms. The molecule has 1 aromatic heterocycles. The van der Waals surface area contributed by atoms with Crippen molar-refractivity contribution in [2.75, 3.05) is 32.8 Å². The third-order valence-electron chi connectivity index (χ3n) is 8.84. The molecule has 0 amide bonds. The van der Waals surface area contributed by atoms with Gasteiger partial charge in [-0.25, -0.2) is 8.42 Å². The fourth-order valence-electron chi connectivity index (χ4n) is 6.02. The Morgan fingerprint density at radius 3 is 2.25 bits per heavy atom. The molecule has 0 spiro atoms. The van der Waals surface area contributed by atoms with E-state index in [9.17, 15) is 13.5 Å². The summed E-state index contributed by atoms with van der Waals surface area (Å²) in [6.45, 7) is 12.3. The summed E-state index contributed by atoms with van der Waals surface area (Å²) in [6.07, 6.45) is 0.937. The molecule has 2 heterocycles. The molecule has 0 saturated carbocycles. The van der Waals surface area contributed by atoms with Gasteiger partial charge in [0.25, 0.3) is 0 Å². The fourth-order valence-corrected chi connectivity index (χ4v) is 8.05. The number of ether oxygens (including phenoxy) is 1. The topological polar surface area (TPSA) is 94.7 Å². The average Bonchev–Trinajstić information content (AvgIpc) is 3.33. The summed E-state index contributed by atoms with van der Waals surface area (Å²) in [5.41, 5.74) is 7.08. The lowest BCUT2D eigenvalue weighted by atomic mass is 9.95. The molecule has 1 saturated heterocycles. The molecule has 0 unspecified atom stereocenters. The summed E-state index contributed by atoms with van der Waals surface area (Å²) in [5.74, 6) is 1.12. The minimum Gasteiger partial charge on any atom is -0.490 e. The molecule has 214 valence electrons. The number of rotatable bonds is 9. The highest BCUT2D eigenvalue weighted by Gasteiger charge is 2.32. The number of H-pyrrole nitrogens is 1. The maximum Gasteiger partial charge on any atom is 0.243 e. The zero-order chi connectivity index (χ0) is 28.6. The van der Waals surface area contributed by atoms with Crippen LogP contribution in [0.3, 0.4) is 0 Å². The van der Waals surface area contributed by atoms with Crippen molar-refractivity contribution < 1.29 is 18.3 Å². The number of aromatic amines is 1. The first-order valence-electron chi connectivity index (χ1n) is 14.2. The Morgan fingerprint density at radius 1 is 0.925 bits per heavy atom. The molecule has 3 aromatic carbocycles. The second-order valence-electron chi connectivity index (χ2n) is 11.3. The van der Waals surface area contributed by atoms with Crippen LogP contribution in [0.5, 0.6) is 5.75 Å². The lowest BCUT2D eigenvalue weighted by Gasteiger charge is -2.33. The van der Waals surface area contributed by atoms with Crippen LogP contribution in [-0.4, -0.2) is 61.7 Å². The lowest BCUT2D eigenvalue weighted by Crippen LogP contribution is -2.42. The van der Waals surface area contributed by atoms with Crippen LogP contribution in [0.4, 0.5) is 0 Å². The number of aliphatic hydroxyl groups excluding tert-OH is 1. The number of para-hydroxylation sites is 1. The molecule has 8 heteroatoms. The van der Waals surface area contributed by atoms with Crippen molar-refractivity contribution in [3.05, 3.63) is 70.3 Å². The van der Waals surface area contributed by atoms with Crippen LogP contribution < -0.4 is 10.1 Å². The lowest BCUT2D eigenvalue weighted by molar-refractivity contribution is 0.105. The molecule has 0 radical (unpaired) electrons. The molecule has 0 aliphatic carbocycles. The number of fused-ring (bicyclic) bond motifs is 3. The maximum absolute atomic E-state index is 13.6.